The van der Waals surface area contributed by atoms with Crippen LogP contribution in [0.15, 0.2) is 29.3 Å². The number of phenolic OH excluding ortho intramolecular Hbond substituents is 1. The second-order valence-corrected chi connectivity index (χ2v) is 13.9. The zero-order valence-corrected chi connectivity index (χ0v) is 32.2. The maximum atomic E-state index is 13.9. The Labute approximate surface area is 318 Å². The van der Waals surface area contributed by atoms with Crippen LogP contribution in [0.3, 0.4) is 0 Å². The van der Waals surface area contributed by atoms with Gasteiger partial charge in [0.1, 0.15) is 36.0 Å². The summed E-state index contributed by atoms with van der Waals surface area (Å²) in [7, 11) is 0. The fourth-order valence-corrected chi connectivity index (χ4v) is 5.39. The molecule has 0 radical (unpaired) electrons. The van der Waals surface area contributed by atoms with Crippen molar-refractivity contribution in [1.29, 1.82) is 0 Å². The molecule has 19 nitrogen and oxygen atoms in total. The molecule has 13 N–H and O–H groups in total. The number of carbonyl (C=O) groups excluding carboxylic acids is 8. The standard InChI is InChI=1S/C34H54N10O9S/c1-17(2)14-24(41-20(5)45)31(51)44-25(15-21-9-11-22(46)12-10-21)32(52)42-23(8-7-13-38-34(36)37)29(49)39-18(3)28(48)43-26(16-27(35)47)30(50)40-19(4)33(53)54-6/h9-12,17-19,23-26,46H,7-8,13-16H2,1-6H3,(H2,35,47)(H,39,49)(H,40,50)(H,41,45)(H,42,52)(H,43,48)(H,44,51)(H4,36,37,38)/t18-,19-,23-,24-,25-,26-/m0/s1. The largest absolute Gasteiger partial charge is 0.508 e. The van der Waals surface area contributed by atoms with Crippen molar-refractivity contribution in [3.63, 3.8) is 0 Å². The number of aromatic hydroxyl groups is 1. The van der Waals surface area contributed by atoms with E-state index in [0.717, 1.165) is 11.8 Å². The summed E-state index contributed by atoms with van der Waals surface area (Å²) < 4.78 is 0. The van der Waals surface area contributed by atoms with Crippen LogP contribution in [0.4, 0.5) is 0 Å². The number of thioether (sulfide) groups is 1. The highest BCUT2D eigenvalue weighted by Gasteiger charge is 2.32. The number of aliphatic imine (C=N–C) groups is 1. The molecule has 7 amide bonds. The lowest BCUT2D eigenvalue weighted by Gasteiger charge is -2.27. The SMILES string of the molecule is CSC(=O)[C@H](C)NC(=O)[C@H](CC(N)=O)NC(=O)[C@H](C)NC(=O)[C@H](CCCN=C(N)N)NC(=O)[C@H](Cc1ccc(O)cc1)NC(=O)[C@H](CC(C)C)NC(C)=O. The number of nitrogens with one attached hydrogen (secondary N) is 6. The molecule has 20 heteroatoms. The Bertz CT molecular complexity index is 1520. The van der Waals surface area contributed by atoms with Crippen LogP contribution < -0.4 is 49.1 Å². The summed E-state index contributed by atoms with van der Waals surface area (Å²) in [6.07, 6.45) is 1.29. The molecule has 1 rings (SSSR count). The second kappa shape index (κ2) is 23.3. The number of carbonyl (C=O) groups is 8. The Morgan fingerprint density at radius 3 is 1.76 bits per heavy atom. The van der Waals surface area contributed by atoms with Gasteiger partial charge in [0.05, 0.1) is 12.5 Å². The Morgan fingerprint density at radius 2 is 1.22 bits per heavy atom. The van der Waals surface area contributed by atoms with Gasteiger partial charge in [-0.1, -0.05) is 37.7 Å². The number of rotatable bonds is 22. The number of hydrogen-bond donors (Lipinski definition) is 10. The molecular formula is C34H54N10O9S. The van der Waals surface area contributed by atoms with Crippen LogP contribution in [0, 0.1) is 5.92 Å². The average molecular weight is 779 g/mol. The first-order chi connectivity index (χ1) is 25.2. The molecule has 0 saturated heterocycles. The highest BCUT2D eigenvalue weighted by Crippen LogP contribution is 2.13. The molecule has 1 aromatic rings. The summed E-state index contributed by atoms with van der Waals surface area (Å²) in [6, 6.07) is -1.35. The van der Waals surface area contributed by atoms with Gasteiger partial charge < -0.3 is 54.2 Å². The van der Waals surface area contributed by atoms with E-state index in [9.17, 15) is 43.5 Å². The van der Waals surface area contributed by atoms with Crippen molar-refractivity contribution in [2.75, 3.05) is 12.8 Å². The predicted octanol–water partition coefficient (Wildman–Crippen LogP) is -2.23. The molecule has 0 spiro atoms. The van der Waals surface area contributed by atoms with Gasteiger partial charge >= 0.3 is 0 Å². The molecule has 0 unspecified atom stereocenters. The summed E-state index contributed by atoms with van der Waals surface area (Å²) >= 11 is 0.877. The van der Waals surface area contributed by atoms with E-state index < -0.39 is 84.0 Å². The minimum Gasteiger partial charge on any atom is -0.508 e. The fraction of sp³-hybridized carbons (Fsp3) is 0.559. The third kappa shape index (κ3) is 17.9. The minimum absolute atomic E-state index is 0.00263. The highest BCUT2D eigenvalue weighted by molar-refractivity contribution is 8.13. The van der Waals surface area contributed by atoms with Crippen molar-refractivity contribution in [1.82, 2.24) is 31.9 Å². The van der Waals surface area contributed by atoms with Gasteiger partial charge in [0.15, 0.2) is 5.96 Å². The molecular weight excluding hydrogens is 725 g/mol. The lowest BCUT2D eigenvalue weighted by molar-refractivity contribution is -0.135. The summed E-state index contributed by atoms with van der Waals surface area (Å²) in [5.74, 6) is -5.56. The van der Waals surface area contributed by atoms with Crippen molar-refractivity contribution in [2.45, 2.75) is 103 Å². The first-order valence-electron chi connectivity index (χ1n) is 17.2. The Hall–Kier alpha value is -5.40. The maximum Gasteiger partial charge on any atom is 0.243 e. The molecule has 6 atom stereocenters. The summed E-state index contributed by atoms with van der Waals surface area (Å²) in [6.45, 7) is 7.79. The van der Waals surface area contributed by atoms with Gasteiger partial charge in [-0.25, -0.2) is 0 Å². The molecule has 54 heavy (non-hydrogen) atoms. The first-order valence-corrected chi connectivity index (χ1v) is 18.4. The lowest BCUT2D eigenvalue weighted by Crippen LogP contribution is -2.59. The number of amides is 7. The van der Waals surface area contributed by atoms with Gasteiger partial charge in [-0.05, 0) is 63.0 Å². The van der Waals surface area contributed by atoms with Gasteiger partial charge in [0, 0.05) is 19.9 Å². The van der Waals surface area contributed by atoms with Gasteiger partial charge in [-0.15, -0.1) is 0 Å². The normalized spacial score (nSPS) is 14.1. The number of primary amides is 1. The van der Waals surface area contributed by atoms with Crippen LogP contribution in [0.5, 0.6) is 5.75 Å². The van der Waals surface area contributed by atoms with E-state index in [-0.39, 0.29) is 55.0 Å². The second-order valence-electron chi connectivity index (χ2n) is 13.0. The number of guanidine groups is 1. The third-order valence-corrected chi connectivity index (χ3v) is 8.45. The van der Waals surface area contributed by atoms with E-state index in [2.05, 4.69) is 36.9 Å². The average Bonchev–Trinajstić information content (AvgIpc) is 3.08. The van der Waals surface area contributed by atoms with Gasteiger partial charge in [-0.2, -0.15) is 0 Å². The monoisotopic (exact) mass is 778 g/mol. The van der Waals surface area contributed by atoms with E-state index >= 15 is 0 Å². The van der Waals surface area contributed by atoms with Crippen molar-refractivity contribution in [3.8, 4) is 5.75 Å². The van der Waals surface area contributed by atoms with E-state index in [4.69, 9.17) is 17.2 Å². The Balaban J connectivity index is 3.32. The number of nitrogens with two attached hydrogens (primary N) is 3. The van der Waals surface area contributed by atoms with E-state index in [1.54, 1.807) is 12.1 Å². The molecule has 0 fully saturated rings. The summed E-state index contributed by atoms with van der Waals surface area (Å²) in [4.78, 5) is 106. The molecule has 0 saturated carbocycles. The summed E-state index contributed by atoms with van der Waals surface area (Å²) in [5, 5.41) is 24.5. The van der Waals surface area contributed by atoms with Crippen LogP contribution in [-0.2, 0) is 44.8 Å². The third-order valence-electron chi connectivity index (χ3n) is 7.69. The van der Waals surface area contributed by atoms with E-state index in [0.29, 0.717) is 5.56 Å². The number of nitrogens with zero attached hydrogens (tertiary/aromatic N) is 1. The quantitative estimate of drug-likeness (QED) is 0.0340. The molecule has 0 aliphatic carbocycles. The fourth-order valence-electron chi connectivity index (χ4n) is 4.98. The van der Waals surface area contributed by atoms with Gasteiger partial charge in [-0.3, -0.25) is 43.3 Å². The molecule has 0 aliphatic rings. The maximum absolute atomic E-state index is 13.9. The van der Waals surface area contributed by atoms with E-state index in [1.807, 2.05) is 13.8 Å². The zero-order chi connectivity index (χ0) is 41.1. The molecule has 0 bridgehead atoms. The molecule has 0 aliphatic heterocycles. The number of benzene rings is 1. The van der Waals surface area contributed by atoms with Crippen molar-refractivity contribution < 1.29 is 43.5 Å². The van der Waals surface area contributed by atoms with Gasteiger partial charge in [0.25, 0.3) is 0 Å². The van der Waals surface area contributed by atoms with Crippen molar-refractivity contribution >= 4 is 64.2 Å². The smallest absolute Gasteiger partial charge is 0.243 e. The Kier molecular flexibility index (Phi) is 20.1. The van der Waals surface area contributed by atoms with Crippen LogP contribution in [0.25, 0.3) is 0 Å². The Morgan fingerprint density at radius 1 is 0.704 bits per heavy atom. The molecule has 0 aromatic heterocycles. The van der Waals surface area contributed by atoms with Crippen molar-refractivity contribution in [3.05, 3.63) is 29.8 Å². The zero-order valence-electron chi connectivity index (χ0n) is 31.4. The minimum atomic E-state index is -1.47. The number of hydrogen-bond acceptors (Lipinski definition) is 11. The first kappa shape index (κ1) is 46.6. The number of phenols is 1. The van der Waals surface area contributed by atoms with Crippen LogP contribution in [-0.4, -0.2) is 107 Å². The molecule has 1 aromatic carbocycles. The molecule has 300 valence electrons. The van der Waals surface area contributed by atoms with Crippen LogP contribution in [0.1, 0.15) is 65.9 Å². The predicted molar refractivity (Wildman–Crippen MR) is 202 cm³/mol. The van der Waals surface area contributed by atoms with Gasteiger partial charge in [0.2, 0.25) is 46.5 Å². The van der Waals surface area contributed by atoms with Crippen LogP contribution >= 0.6 is 11.8 Å². The highest BCUT2D eigenvalue weighted by atomic mass is 32.2. The molecule has 0 heterocycles. The lowest BCUT2D eigenvalue weighted by atomic mass is 10.0. The topological polar surface area (TPSA) is 319 Å². The summed E-state index contributed by atoms with van der Waals surface area (Å²) in [5.41, 5.74) is 16.7. The van der Waals surface area contributed by atoms with Crippen molar-refractivity contribution in [2.24, 2.45) is 28.1 Å². The van der Waals surface area contributed by atoms with Crippen LogP contribution in [0.2, 0.25) is 0 Å². The van der Waals surface area contributed by atoms with E-state index in [1.165, 1.54) is 39.2 Å².